The van der Waals surface area contributed by atoms with Crippen LogP contribution in [0.15, 0.2) is 42.6 Å². The molecule has 9 nitrogen and oxygen atoms in total. The van der Waals surface area contributed by atoms with Crippen molar-refractivity contribution in [2.24, 2.45) is 0 Å². The molecule has 5 rings (SSSR count). The van der Waals surface area contributed by atoms with Crippen LogP contribution in [0.5, 0.6) is 5.75 Å². The number of benzene rings is 1. The van der Waals surface area contributed by atoms with Gasteiger partial charge in [-0.05, 0) is 56.5 Å². The van der Waals surface area contributed by atoms with Crippen molar-refractivity contribution in [3.63, 3.8) is 0 Å². The Labute approximate surface area is 252 Å². The van der Waals surface area contributed by atoms with Gasteiger partial charge < -0.3 is 24.6 Å². The quantitative estimate of drug-likeness (QED) is 0.368. The number of thiophene rings is 1. The molecule has 2 aliphatic heterocycles. The summed E-state index contributed by atoms with van der Waals surface area (Å²) in [4.78, 5) is 36.3. The number of nitrogens with one attached hydrogen (secondary N) is 1. The predicted octanol–water partition coefficient (Wildman–Crippen LogP) is 5.62. The number of methoxy groups -OCH3 is 1. The van der Waals surface area contributed by atoms with Gasteiger partial charge in [0.25, 0.3) is 5.91 Å². The Kier molecular flexibility index (Phi) is 9.02. The molecule has 2 amide bonds. The fourth-order valence-corrected chi connectivity index (χ4v) is 6.43. The smallest absolute Gasteiger partial charge is 0.427 e. The fraction of sp³-hybridized carbons (Fsp3) is 0.500. The first-order chi connectivity index (χ1) is 20.5. The van der Waals surface area contributed by atoms with Crippen molar-refractivity contribution >= 4 is 38.6 Å². The number of hydrogen-bond acceptors (Lipinski definition) is 8. The van der Waals surface area contributed by atoms with E-state index in [-0.39, 0.29) is 11.9 Å². The number of halogens is 3. The second kappa shape index (κ2) is 12.6. The summed E-state index contributed by atoms with van der Waals surface area (Å²) in [6.45, 7) is 5.34. The molecule has 43 heavy (non-hydrogen) atoms. The highest BCUT2D eigenvalue weighted by atomic mass is 32.1. The van der Waals surface area contributed by atoms with Crippen LogP contribution >= 0.6 is 11.3 Å². The summed E-state index contributed by atoms with van der Waals surface area (Å²) in [6, 6.07) is 11.8. The summed E-state index contributed by atoms with van der Waals surface area (Å²) in [7, 11) is 1.63. The summed E-state index contributed by atoms with van der Waals surface area (Å²) >= 11 is 1.51. The van der Waals surface area contributed by atoms with Crippen molar-refractivity contribution in [2.45, 2.75) is 51.1 Å². The summed E-state index contributed by atoms with van der Waals surface area (Å²) < 4.78 is 50.4. The van der Waals surface area contributed by atoms with Gasteiger partial charge in [-0.15, -0.1) is 11.3 Å². The van der Waals surface area contributed by atoms with E-state index in [0.29, 0.717) is 69.7 Å². The van der Waals surface area contributed by atoms with Gasteiger partial charge in [-0.25, -0.2) is 4.79 Å². The van der Waals surface area contributed by atoms with Crippen LogP contribution in [0.2, 0.25) is 0 Å². The maximum absolute atomic E-state index is 13.9. The second-order valence-corrected chi connectivity index (χ2v) is 12.3. The van der Waals surface area contributed by atoms with E-state index in [1.807, 2.05) is 41.3 Å². The van der Waals surface area contributed by atoms with E-state index in [0.717, 1.165) is 34.9 Å². The SMILES string of the molecule is COc1ccc(CNc2sc3cccnc3c2C(=O)N2CCN(C3CCN(C(=O)OC(C)(C)C(F)(F)F)CC3)CC2)cc1. The summed E-state index contributed by atoms with van der Waals surface area (Å²) in [5, 5.41) is 4.23. The van der Waals surface area contributed by atoms with Gasteiger partial charge in [-0.1, -0.05) is 12.1 Å². The standard InChI is InChI=1S/C30H36F3N5O4S/c1-29(2,30(31,32)33)42-28(40)38-13-10-21(11-14-38)36-15-17-37(18-16-36)27(39)24-25-23(5-4-12-34-25)43-26(24)35-19-20-6-8-22(41-3)9-7-20/h4-9,12,21,35H,10-11,13-19H2,1-3H3. The number of carbonyl (C=O) groups excluding carboxylic acids is 2. The first kappa shape index (κ1) is 30.9. The Balaban J connectivity index is 1.18. The minimum atomic E-state index is -4.64. The molecule has 0 saturated carbocycles. The number of ether oxygens (including phenoxy) is 2. The Morgan fingerprint density at radius 2 is 1.67 bits per heavy atom. The lowest BCUT2D eigenvalue weighted by atomic mass is 10.0. The average molecular weight is 620 g/mol. The summed E-state index contributed by atoms with van der Waals surface area (Å²) in [5.74, 6) is 0.717. The van der Waals surface area contributed by atoms with E-state index >= 15 is 0 Å². The van der Waals surface area contributed by atoms with Gasteiger partial charge >= 0.3 is 12.3 Å². The van der Waals surface area contributed by atoms with Gasteiger partial charge in [0.15, 0.2) is 0 Å². The number of aromatic nitrogens is 1. The molecule has 2 aromatic heterocycles. The first-order valence-electron chi connectivity index (χ1n) is 14.3. The molecular weight excluding hydrogens is 583 g/mol. The number of alkyl halides is 3. The van der Waals surface area contributed by atoms with Crippen LogP contribution in [-0.2, 0) is 11.3 Å². The van der Waals surface area contributed by atoms with Gasteiger partial charge in [0, 0.05) is 58.1 Å². The fourth-order valence-electron chi connectivity index (χ4n) is 5.38. The maximum Gasteiger partial charge on any atom is 0.427 e. The number of piperazine rings is 1. The van der Waals surface area contributed by atoms with Crippen molar-refractivity contribution in [3.05, 3.63) is 53.7 Å². The molecule has 3 aromatic rings. The van der Waals surface area contributed by atoms with Crippen LogP contribution in [0.3, 0.4) is 0 Å². The van der Waals surface area contributed by atoms with Crippen LogP contribution in [0.4, 0.5) is 23.0 Å². The van der Waals surface area contributed by atoms with E-state index in [9.17, 15) is 22.8 Å². The number of pyridine rings is 1. The van der Waals surface area contributed by atoms with Crippen LogP contribution < -0.4 is 10.1 Å². The largest absolute Gasteiger partial charge is 0.497 e. The maximum atomic E-state index is 13.9. The number of carbonyl (C=O) groups is 2. The molecule has 2 saturated heterocycles. The van der Waals surface area contributed by atoms with Crippen molar-refractivity contribution in [2.75, 3.05) is 51.7 Å². The van der Waals surface area contributed by atoms with Gasteiger partial charge in [-0.2, -0.15) is 13.2 Å². The highest BCUT2D eigenvalue weighted by molar-refractivity contribution is 7.23. The second-order valence-electron chi connectivity index (χ2n) is 11.3. The zero-order chi connectivity index (χ0) is 30.8. The molecule has 0 spiro atoms. The van der Waals surface area contributed by atoms with E-state index in [1.165, 1.54) is 16.2 Å². The predicted molar refractivity (Wildman–Crippen MR) is 159 cm³/mol. The van der Waals surface area contributed by atoms with Crippen molar-refractivity contribution < 1.29 is 32.2 Å². The molecule has 1 aromatic carbocycles. The molecule has 2 aliphatic rings. The lowest BCUT2D eigenvalue weighted by molar-refractivity contribution is -0.246. The minimum Gasteiger partial charge on any atom is -0.497 e. The lowest BCUT2D eigenvalue weighted by Gasteiger charge is -2.43. The zero-order valence-electron chi connectivity index (χ0n) is 24.4. The molecule has 0 radical (unpaired) electrons. The number of amides is 2. The Bertz CT molecular complexity index is 1430. The highest BCUT2D eigenvalue weighted by Crippen LogP contribution is 2.36. The molecule has 13 heteroatoms. The molecular formula is C30H36F3N5O4S. The normalized spacial score (nSPS) is 17.3. The van der Waals surface area contributed by atoms with Crippen LogP contribution in [0.25, 0.3) is 10.2 Å². The molecule has 232 valence electrons. The summed E-state index contributed by atoms with van der Waals surface area (Å²) in [6.07, 6.45) is -2.62. The number of rotatable bonds is 7. The lowest BCUT2D eigenvalue weighted by Crippen LogP contribution is -2.55. The number of piperidine rings is 1. The molecule has 0 unspecified atom stereocenters. The Hall–Kier alpha value is -3.58. The van der Waals surface area contributed by atoms with E-state index < -0.39 is 17.9 Å². The van der Waals surface area contributed by atoms with E-state index in [4.69, 9.17) is 9.47 Å². The first-order valence-corrected chi connectivity index (χ1v) is 15.1. The molecule has 0 aliphatic carbocycles. The molecule has 4 heterocycles. The zero-order valence-corrected chi connectivity index (χ0v) is 25.3. The number of fused-ring (bicyclic) bond motifs is 1. The third kappa shape index (κ3) is 6.82. The summed E-state index contributed by atoms with van der Waals surface area (Å²) in [5.41, 5.74) is -0.221. The number of nitrogens with zero attached hydrogens (tertiary/aromatic N) is 4. The minimum absolute atomic E-state index is 0.0633. The number of likely N-dealkylation sites (tertiary alicyclic amines) is 1. The van der Waals surface area contributed by atoms with Gasteiger partial charge in [-0.3, -0.25) is 14.7 Å². The van der Waals surface area contributed by atoms with Gasteiger partial charge in [0.2, 0.25) is 5.60 Å². The number of anilines is 1. The third-order valence-electron chi connectivity index (χ3n) is 8.14. The molecule has 0 bridgehead atoms. The monoisotopic (exact) mass is 619 g/mol. The topological polar surface area (TPSA) is 87.2 Å². The van der Waals surface area contributed by atoms with Crippen LogP contribution in [0, 0.1) is 0 Å². The van der Waals surface area contributed by atoms with Crippen molar-refractivity contribution in [1.29, 1.82) is 0 Å². The number of hydrogen-bond donors (Lipinski definition) is 1. The van der Waals surface area contributed by atoms with Gasteiger partial charge in [0.05, 0.1) is 17.3 Å². The molecule has 0 atom stereocenters. The Morgan fingerprint density at radius 1 is 1.00 bits per heavy atom. The van der Waals surface area contributed by atoms with Crippen molar-refractivity contribution in [1.82, 2.24) is 19.7 Å². The van der Waals surface area contributed by atoms with E-state index in [2.05, 4.69) is 15.2 Å². The van der Waals surface area contributed by atoms with Gasteiger partial charge in [0.1, 0.15) is 16.3 Å². The molecule has 1 N–H and O–H groups in total. The molecule has 2 fully saturated rings. The van der Waals surface area contributed by atoms with Crippen LogP contribution in [0.1, 0.15) is 42.6 Å². The van der Waals surface area contributed by atoms with Crippen molar-refractivity contribution in [3.8, 4) is 5.75 Å². The third-order valence-corrected chi connectivity index (χ3v) is 9.24. The Morgan fingerprint density at radius 3 is 2.30 bits per heavy atom. The highest BCUT2D eigenvalue weighted by Gasteiger charge is 2.51. The van der Waals surface area contributed by atoms with Crippen LogP contribution in [-0.4, -0.2) is 95.9 Å². The van der Waals surface area contributed by atoms with E-state index in [1.54, 1.807) is 13.3 Å². The average Bonchev–Trinajstić information content (AvgIpc) is 3.37.